The Balaban J connectivity index is 1.46. The molecule has 0 spiro atoms. The lowest BCUT2D eigenvalue weighted by molar-refractivity contribution is -0.130. The molecule has 142 valence electrons. The predicted molar refractivity (Wildman–Crippen MR) is 101 cm³/mol. The maximum Gasteiger partial charge on any atom is 0.325 e. The smallest absolute Gasteiger partial charge is 0.325 e. The Hall–Kier alpha value is -2.63. The maximum absolute atomic E-state index is 13.0. The van der Waals surface area contributed by atoms with Crippen molar-refractivity contribution in [2.75, 3.05) is 13.1 Å². The first-order valence-electron chi connectivity index (χ1n) is 9.78. The lowest BCUT2D eigenvalue weighted by Gasteiger charge is -2.36. The van der Waals surface area contributed by atoms with Gasteiger partial charge < -0.3 is 10.2 Å². The third-order valence-electron chi connectivity index (χ3n) is 5.85. The molecule has 6 heteroatoms. The van der Waals surface area contributed by atoms with Crippen LogP contribution in [0.25, 0.3) is 0 Å². The fourth-order valence-electron chi connectivity index (χ4n) is 4.41. The number of amides is 4. The van der Waals surface area contributed by atoms with Gasteiger partial charge in [-0.25, -0.2) is 4.79 Å². The van der Waals surface area contributed by atoms with Gasteiger partial charge in [0.15, 0.2) is 0 Å². The number of carbonyl (C=O) groups is 3. The van der Waals surface area contributed by atoms with Crippen molar-refractivity contribution < 1.29 is 14.4 Å². The van der Waals surface area contributed by atoms with Crippen LogP contribution in [0.3, 0.4) is 0 Å². The van der Waals surface area contributed by atoms with Crippen molar-refractivity contribution in [1.29, 1.82) is 0 Å². The van der Waals surface area contributed by atoms with Gasteiger partial charge in [-0.2, -0.15) is 0 Å². The molecule has 2 saturated heterocycles. The molecule has 1 N–H and O–H groups in total. The summed E-state index contributed by atoms with van der Waals surface area (Å²) >= 11 is 0. The molecule has 1 aromatic rings. The van der Waals surface area contributed by atoms with Crippen molar-refractivity contribution in [2.24, 2.45) is 5.92 Å². The van der Waals surface area contributed by atoms with Crippen LogP contribution in [0, 0.1) is 5.92 Å². The van der Waals surface area contributed by atoms with E-state index in [0.29, 0.717) is 18.7 Å². The third kappa shape index (κ3) is 3.48. The van der Waals surface area contributed by atoms with E-state index < -0.39 is 6.04 Å². The average Bonchev–Trinajstić information content (AvgIpc) is 3.03. The number of likely N-dealkylation sites (tertiary alicyclic amines) is 1. The Labute approximate surface area is 159 Å². The van der Waals surface area contributed by atoms with Crippen molar-refractivity contribution >= 4 is 17.8 Å². The van der Waals surface area contributed by atoms with E-state index in [1.807, 2.05) is 18.2 Å². The number of piperidine rings is 1. The van der Waals surface area contributed by atoms with Crippen LogP contribution in [0.15, 0.2) is 42.5 Å². The highest BCUT2D eigenvalue weighted by Crippen LogP contribution is 2.28. The summed E-state index contributed by atoms with van der Waals surface area (Å²) in [6.07, 6.45) is 8.46. The van der Waals surface area contributed by atoms with E-state index in [1.165, 1.54) is 4.90 Å². The minimum absolute atomic E-state index is 0.0404. The second-order valence-electron chi connectivity index (χ2n) is 7.59. The standard InChI is InChI=1S/C21H25N3O3/c25-19(16-10-5-2-6-11-16)23-13-7-12-17(14-23)24-20(26)18(22-21(24)27)15-8-3-1-4-9-15/h1-3,5-6,10-11,15,17-18H,4,7-9,12-14H2,(H,22,27). The molecule has 0 radical (unpaired) electrons. The first kappa shape index (κ1) is 17.8. The van der Waals surface area contributed by atoms with Crippen LogP contribution in [0.1, 0.15) is 42.5 Å². The minimum Gasteiger partial charge on any atom is -0.337 e. The molecular weight excluding hydrogens is 342 g/mol. The second-order valence-corrected chi connectivity index (χ2v) is 7.59. The van der Waals surface area contributed by atoms with Gasteiger partial charge in [-0.15, -0.1) is 0 Å². The topological polar surface area (TPSA) is 69.7 Å². The number of imide groups is 1. The molecule has 3 aliphatic rings. The van der Waals surface area contributed by atoms with Crippen LogP contribution in [-0.4, -0.2) is 52.8 Å². The zero-order chi connectivity index (χ0) is 18.8. The van der Waals surface area contributed by atoms with Gasteiger partial charge in [-0.05, 0) is 50.2 Å². The highest BCUT2D eigenvalue weighted by atomic mass is 16.2. The Kier molecular flexibility index (Phi) is 4.97. The predicted octanol–water partition coefficient (Wildman–Crippen LogP) is 2.57. The summed E-state index contributed by atoms with van der Waals surface area (Å²) in [6, 6.07) is 8.18. The van der Waals surface area contributed by atoms with Crippen LogP contribution in [-0.2, 0) is 4.79 Å². The van der Waals surface area contributed by atoms with Gasteiger partial charge in [0.05, 0.1) is 6.04 Å². The first-order valence-corrected chi connectivity index (χ1v) is 9.78. The fourth-order valence-corrected chi connectivity index (χ4v) is 4.41. The van der Waals surface area contributed by atoms with E-state index in [0.717, 1.165) is 32.1 Å². The average molecular weight is 367 g/mol. The zero-order valence-electron chi connectivity index (χ0n) is 15.3. The van der Waals surface area contributed by atoms with Crippen molar-refractivity contribution in [3.63, 3.8) is 0 Å². The molecule has 4 amide bonds. The molecule has 3 atom stereocenters. The van der Waals surface area contributed by atoms with E-state index in [4.69, 9.17) is 0 Å². The molecule has 0 aromatic heterocycles. The van der Waals surface area contributed by atoms with E-state index in [9.17, 15) is 14.4 Å². The number of carbonyl (C=O) groups excluding carboxylic acids is 3. The van der Waals surface area contributed by atoms with E-state index in [2.05, 4.69) is 17.5 Å². The fraction of sp³-hybridized carbons (Fsp3) is 0.476. The van der Waals surface area contributed by atoms with E-state index in [-0.39, 0.29) is 29.8 Å². The molecule has 1 aromatic carbocycles. The summed E-state index contributed by atoms with van der Waals surface area (Å²) in [5.74, 6) is 0.00252. The van der Waals surface area contributed by atoms with Gasteiger partial charge in [-0.1, -0.05) is 30.4 Å². The Morgan fingerprint density at radius 3 is 2.63 bits per heavy atom. The summed E-state index contributed by atoms with van der Waals surface area (Å²) in [6.45, 7) is 1.06. The summed E-state index contributed by atoms with van der Waals surface area (Å²) in [5, 5.41) is 2.90. The number of allylic oxidation sites excluding steroid dienone is 2. The van der Waals surface area contributed by atoms with Gasteiger partial charge in [0.2, 0.25) is 0 Å². The zero-order valence-corrected chi connectivity index (χ0v) is 15.3. The van der Waals surface area contributed by atoms with E-state index in [1.54, 1.807) is 17.0 Å². The number of hydrogen-bond donors (Lipinski definition) is 1. The van der Waals surface area contributed by atoms with Crippen LogP contribution >= 0.6 is 0 Å². The highest BCUT2D eigenvalue weighted by Gasteiger charge is 2.46. The van der Waals surface area contributed by atoms with Crippen LogP contribution in [0.4, 0.5) is 4.79 Å². The Morgan fingerprint density at radius 2 is 1.89 bits per heavy atom. The van der Waals surface area contributed by atoms with Gasteiger partial charge >= 0.3 is 6.03 Å². The van der Waals surface area contributed by atoms with Crippen molar-refractivity contribution in [3.8, 4) is 0 Å². The quantitative estimate of drug-likeness (QED) is 0.659. The number of hydrogen-bond acceptors (Lipinski definition) is 3. The van der Waals surface area contributed by atoms with Crippen LogP contribution < -0.4 is 5.32 Å². The van der Waals surface area contributed by atoms with Crippen molar-refractivity contribution in [1.82, 2.24) is 15.1 Å². The third-order valence-corrected chi connectivity index (χ3v) is 5.85. The molecule has 0 saturated carbocycles. The van der Waals surface area contributed by atoms with Gasteiger partial charge in [0.25, 0.3) is 11.8 Å². The Morgan fingerprint density at radius 1 is 1.07 bits per heavy atom. The van der Waals surface area contributed by atoms with E-state index >= 15 is 0 Å². The summed E-state index contributed by atoms with van der Waals surface area (Å²) in [7, 11) is 0. The van der Waals surface area contributed by atoms with Gasteiger partial charge in [0.1, 0.15) is 6.04 Å². The number of nitrogens with zero attached hydrogens (tertiary/aromatic N) is 2. The molecule has 4 rings (SSSR count). The molecular formula is C21H25N3O3. The number of urea groups is 1. The van der Waals surface area contributed by atoms with Crippen LogP contribution in [0.2, 0.25) is 0 Å². The van der Waals surface area contributed by atoms with Gasteiger partial charge in [-0.3, -0.25) is 14.5 Å². The number of benzene rings is 1. The molecule has 0 bridgehead atoms. The van der Waals surface area contributed by atoms with Gasteiger partial charge in [0, 0.05) is 18.7 Å². The Bertz CT molecular complexity index is 761. The highest BCUT2D eigenvalue weighted by molar-refractivity contribution is 6.05. The minimum atomic E-state index is -0.428. The number of rotatable bonds is 3. The molecule has 27 heavy (non-hydrogen) atoms. The molecule has 6 nitrogen and oxygen atoms in total. The monoisotopic (exact) mass is 367 g/mol. The number of nitrogens with one attached hydrogen (secondary N) is 1. The summed E-state index contributed by atoms with van der Waals surface area (Å²) in [5.41, 5.74) is 0.641. The summed E-state index contributed by atoms with van der Waals surface area (Å²) in [4.78, 5) is 41.4. The summed E-state index contributed by atoms with van der Waals surface area (Å²) < 4.78 is 0. The van der Waals surface area contributed by atoms with Crippen molar-refractivity contribution in [3.05, 3.63) is 48.0 Å². The van der Waals surface area contributed by atoms with Crippen LogP contribution in [0.5, 0.6) is 0 Å². The maximum atomic E-state index is 13.0. The first-order chi connectivity index (χ1) is 13.1. The molecule has 3 unspecified atom stereocenters. The largest absolute Gasteiger partial charge is 0.337 e. The molecule has 2 aliphatic heterocycles. The molecule has 1 aliphatic carbocycles. The SMILES string of the molecule is O=C(c1ccccc1)N1CCCC(N2C(=O)NC(C3CC=CCC3)C2=O)C1. The lowest BCUT2D eigenvalue weighted by Crippen LogP contribution is -2.52. The molecule has 2 heterocycles. The van der Waals surface area contributed by atoms with Crippen molar-refractivity contribution in [2.45, 2.75) is 44.2 Å². The normalized spacial score (nSPS) is 28.4. The second kappa shape index (κ2) is 7.55. The molecule has 2 fully saturated rings. The lowest BCUT2D eigenvalue weighted by atomic mass is 9.87.